The number of sulfone groups is 1. The molecule has 1 unspecified atom stereocenters. The van der Waals surface area contributed by atoms with Crippen molar-refractivity contribution in [3.8, 4) is 6.07 Å². The summed E-state index contributed by atoms with van der Waals surface area (Å²) in [5.74, 6) is 0.456. The molecule has 4 nitrogen and oxygen atoms in total. The molecule has 0 radical (unpaired) electrons. The summed E-state index contributed by atoms with van der Waals surface area (Å²) in [7, 11) is -0.928. The van der Waals surface area contributed by atoms with E-state index in [9.17, 15) is 8.42 Å². The average molecular weight is 232 g/mol. The molecule has 0 spiro atoms. The lowest BCUT2D eigenvalue weighted by Crippen LogP contribution is -2.30. The molecule has 1 atom stereocenters. The molecule has 0 N–H and O–H groups in total. The first-order chi connectivity index (χ1) is 6.93. The van der Waals surface area contributed by atoms with Crippen LogP contribution in [0, 0.1) is 11.3 Å². The van der Waals surface area contributed by atoms with Gasteiger partial charge in [-0.25, -0.2) is 8.42 Å². The largest absolute Gasteiger partial charge is 0.303 e. The third kappa shape index (κ3) is 6.47. The van der Waals surface area contributed by atoms with Crippen LogP contribution in [0.2, 0.25) is 0 Å². The van der Waals surface area contributed by atoms with Crippen LogP contribution in [-0.2, 0) is 9.84 Å². The van der Waals surface area contributed by atoms with Crippen molar-refractivity contribution in [3.05, 3.63) is 0 Å². The van der Waals surface area contributed by atoms with Crippen LogP contribution < -0.4 is 0 Å². The van der Waals surface area contributed by atoms with E-state index in [4.69, 9.17) is 5.26 Å². The summed E-state index contributed by atoms with van der Waals surface area (Å²) in [6.45, 7) is 4.36. The molecule has 0 aliphatic carbocycles. The summed E-state index contributed by atoms with van der Waals surface area (Å²) >= 11 is 0. The van der Waals surface area contributed by atoms with Gasteiger partial charge in [-0.05, 0) is 26.9 Å². The van der Waals surface area contributed by atoms with Crippen molar-refractivity contribution in [2.75, 3.05) is 25.1 Å². The Morgan fingerprint density at radius 3 is 2.53 bits per heavy atom. The molecule has 0 fully saturated rings. The Hall–Kier alpha value is -0.600. The molecular formula is C10H20N2O2S. The summed E-state index contributed by atoms with van der Waals surface area (Å²) < 4.78 is 22.4. The maximum Gasteiger partial charge on any atom is 0.150 e. The van der Waals surface area contributed by atoms with Crippen LogP contribution in [0.1, 0.15) is 26.7 Å². The van der Waals surface area contributed by atoms with Gasteiger partial charge in [-0.3, -0.25) is 0 Å². The Labute approximate surface area is 92.8 Å². The van der Waals surface area contributed by atoms with E-state index in [1.54, 1.807) is 6.92 Å². The first-order valence-electron chi connectivity index (χ1n) is 5.20. The minimum atomic E-state index is -2.84. The fourth-order valence-electron chi connectivity index (χ4n) is 1.19. The highest BCUT2D eigenvalue weighted by Gasteiger charge is 2.11. The summed E-state index contributed by atoms with van der Waals surface area (Å²) in [4.78, 5) is 2.02. The van der Waals surface area contributed by atoms with Gasteiger partial charge in [0.25, 0.3) is 0 Å². The van der Waals surface area contributed by atoms with Gasteiger partial charge in [0.15, 0.2) is 0 Å². The van der Waals surface area contributed by atoms with Gasteiger partial charge in [0.1, 0.15) is 9.84 Å². The zero-order valence-electron chi connectivity index (χ0n) is 9.73. The van der Waals surface area contributed by atoms with Gasteiger partial charge in [-0.1, -0.05) is 6.92 Å². The molecule has 0 aromatic carbocycles. The predicted octanol–water partition coefficient (Wildman–Crippen LogP) is 1.05. The van der Waals surface area contributed by atoms with Crippen molar-refractivity contribution in [3.63, 3.8) is 0 Å². The standard InChI is InChI=1S/C10H20N2O2S/c1-4-15(13,14)9-5-8-12(3)10(2)6-7-11/h10H,4-6,8-9H2,1-3H3. The fraction of sp³-hybridized carbons (Fsp3) is 0.900. The zero-order chi connectivity index (χ0) is 11.9. The highest BCUT2D eigenvalue weighted by molar-refractivity contribution is 7.91. The van der Waals surface area contributed by atoms with Crippen molar-refractivity contribution in [1.82, 2.24) is 4.90 Å². The highest BCUT2D eigenvalue weighted by atomic mass is 32.2. The third-order valence-electron chi connectivity index (χ3n) is 2.55. The molecule has 0 saturated heterocycles. The van der Waals surface area contributed by atoms with E-state index in [2.05, 4.69) is 6.07 Å². The molecule has 0 amide bonds. The molecule has 0 aromatic rings. The second-order valence-corrected chi connectivity index (χ2v) is 6.25. The lowest BCUT2D eigenvalue weighted by atomic mass is 10.2. The van der Waals surface area contributed by atoms with Crippen LogP contribution in [0.4, 0.5) is 0 Å². The van der Waals surface area contributed by atoms with E-state index in [0.29, 0.717) is 12.8 Å². The van der Waals surface area contributed by atoms with Crippen LogP contribution in [-0.4, -0.2) is 44.5 Å². The summed E-state index contributed by atoms with van der Waals surface area (Å²) in [5.41, 5.74) is 0. The van der Waals surface area contributed by atoms with E-state index < -0.39 is 9.84 Å². The Bertz CT molecular complexity index is 306. The molecule has 0 bridgehead atoms. The number of hydrogen-bond acceptors (Lipinski definition) is 4. The minimum Gasteiger partial charge on any atom is -0.303 e. The summed E-state index contributed by atoms with van der Waals surface area (Å²) in [5, 5.41) is 8.51. The normalized spacial score (nSPS) is 13.8. The van der Waals surface area contributed by atoms with Crippen molar-refractivity contribution in [1.29, 1.82) is 5.26 Å². The Morgan fingerprint density at radius 2 is 2.07 bits per heavy atom. The first kappa shape index (κ1) is 14.4. The fourth-order valence-corrected chi connectivity index (χ4v) is 2.04. The summed E-state index contributed by atoms with van der Waals surface area (Å²) in [6, 6.07) is 2.30. The van der Waals surface area contributed by atoms with Crippen LogP contribution in [0.3, 0.4) is 0 Å². The topological polar surface area (TPSA) is 61.2 Å². The predicted molar refractivity (Wildman–Crippen MR) is 61.3 cm³/mol. The lowest BCUT2D eigenvalue weighted by molar-refractivity contribution is 0.261. The second kappa shape index (κ2) is 6.81. The molecule has 0 aliphatic heterocycles. The Balaban J connectivity index is 3.83. The Morgan fingerprint density at radius 1 is 1.47 bits per heavy atom. The van der Waals surface area contributed by atoms with Gasteiger partial charge in [0, 0.05) is 11.8 Å². The van der Waals surface area contributed by atoms with E-state index in [1.807, 2.05) is 18.9 Å². The van der Waals surface area contributed by atoms with E-state index in [0.717, 1.165) is 6.54 Å². The molecule has 0 heterocycles. The van der Waals surface area contributed by atoms with E-state index in [-0.39, 0.29) is 17.5 Å². The van der Waals surface area contributed by atoms with Crippen LogP contribution >= 0.6 is 0 Å². The molecule has 0 rings (SSSR count). The molecule has 0 aliphatic rings. The molecule has 0 saturated carbocycles. The van der Waals surface area contributed by atoms with Gasteiger partial charge in [0.2, 0.25) is 0 Å². The van der Waals surface area contributed by atoms with Crippen molar-refractivity contribution >= 4 is 9.84 Å². The van der Waals surface area contributed by atoms with Crippen molar-refractivity contribution in [2.45, 2.75) is 32.7 Å². The maximum absolute atomic E-state index is 11.2. The van der Waals surface area contributed by atoms with Crippen molar-refractivity contribution < 1.29 is 8.42 Å². The number of nitriles is 1. The zero-order valence-corrected chi connectivity index (χ0v) is 10.5. The number of nitrogens with zero attached hydrogens (tertiary/aromatic N) is 2. The molecule has 5 heteroatoms. The molecule has 88 valence electrons. The third-order valence-corrected chi connectivity index (χ3v) is 4.34. The van der Waals surface area contributed by atoms with Gasteiger partial charge in [-0.2, -0.15) is 5.26 Å². The highest BCUT2D eigenvalue weighted by Crippen LogP contribution is 2.02. The number of hydrogen-bond donors (Lipinski definition) is 0. The molecule has 0 aromatic heterocycles. The van der Waals surface area contributed by atoms with Gasteiger partial charge in [-0.15, -0.1) is 0 Å². The van der Waals surface area contributed by atoms with Crippen LogP contribution in [0.15, 0.2) is 0 Å². The molecular weight excluding hydrogens is 212 g/mol. The van der Waals surface area contributed by atoms with Crippen molar-refractivity contribution in [2.24, 2.45) is 0 Å². The second-order valence-electron chi connectivity index (χ2n) is 3.78. The maximum atomic E-state index is 11.2. The van der Waals surface area contributed by atoms with Gasteiger partial charge in [0.05, 0.1) is 18.2 Å². The summed E-state index contributed by atoms with van der Waals surface area (Å²) in [6.07, 6.45) is 1.12. The van der Waals surface area contributed by atoms with Gasteiger partial charge < -0.3 is 4.90 Å². The average Bonchev–Trinajstić information content (AvgIpc) is 2.18. The quantitative estimate of drug-likeness (QED) is 0.658. The Kier molecular flexibility index (Phi) is 6.53. The van der Waals surface area contributed by atoms with Gasteiger partial charge >= 0.3 is 0 Å². The SMILES string of the molecule is CCS(=O)(=O)CCCN(C)C(C)CC#N. The molecule has 15 heavy (non-hydrogen) atoms. The first-order valence-corrected chi connectivity index (χ1v) is 7.02. The van der Waals surface area contributed by atoms with Crippen LogP contribution in [0.25, 0.3) is 0 Å². The van der Waals surface area contributed by atoms with E-state index >= 15 is 0 Å². The van der Waals surface area contributed by atoms with Crippen LogP contribution in [0.5, 0.6) is 0 Å². The minimum absolute atomic E-state index is 0.194. The monoisotopic (exact) mass is 232 g/mol. The smallest absolute Gasteiger partial charge is 0.150 e. The lowest BCUT2D eigenvalue weighted by Gasteiger charge is -2.22. The number of rotatable bonds is 7. The van der Waals surface area contributed by atoms with E-state index in [1.165, 1.54) is 0 Å².